The SMILES string of the molecule is COc1cc(O)c(N=O)c(Cl)c1. The van der Waals surface area contributed by atoms with Crippen LogP contribution in [0.2, 0.25) is 5.02 Å². The number of hydrogen-bond donors (Lipinski definition) is 1. The highest BCUT2D eigenvalue weighted by Gasteiger charge is 2.09. The minimum Gasteiger partial charge on any atom is -0.505 e. The maximum Gasteiger partial charge on any atom is 0.168 e. The van der Waals surface area contributed by atoms with Crippen LogP contribution in [0.5, 0.6) is 11.5 Å². The van der Waals surface area contributed by atoms with Gasteiger partial charge in [-0.1, -0.05) is 11.6 Å². The summed E-state index contributed by atoms with van der Waals surface area (Å²) in [6.07, 6.45) is 0. The second-order valence-electron chi connectivity index (χ2n) is 2.07. The van der Waals surface area contributed by atoms with Gasteiger partial charge in [0, 0.05) is 12.1 Å². The van der Waals surface area contributed by atoms with Gasteiger partial charge in [-0.05, 0) is 5.18 Å². The third-order valence-corrected chi connectivity index (χ3v) is 1.63. The number of phenolic OH excluding ortho intramolecular Hbond substituents is 1. The molecule has 1 N–H and O–H groups in total. The van der Waals surface area contributed by atoms with Gasteiger partial charge < -0.3 is 9.84 Å². The van der Waals surface area contributed by atoms with E-state index in [0.717, 1.165) is 0 Å². The summed E-state index contributed by atoms with van der Waals surface area (Å²) in [4.78, 5) is 10.1. The van der Waals surface area contributed by atoms with E-state index in [0.29, 0.717) is 5.75 Å². The molecule has 0 aliphatic rings. The van der Waals surface area contributed by atoms with Crippen LogP contribution < -0.4 is 4.74 Å². The van der Waals surface area contributed by atoms with Crippen LogP contribution in [0.4, 0.5) is 5.69 Å². The Balaban J connectivity index is 3.27. The molecule has 0 amide bonds. The van der Waals surface area contributed by atoms with Crippen molar-refractivity contribution in [1.82, 2.24) is 0 Å². The van der Waals surface area contributed by atoms with Crippen molar-refractivity contribution in [3.05, 3.63) is 22.1 Å². The molecule has 1 aromatic rings. The molecule has 12 heavy (non-hydrogen) atoms. The number of nitrogens with zero attached hydrogens (tertiary/aromatic N) is 1. The summed E-state index contributed by atoms with van der Waals surface area (Å²) < 4.78 is 4.79. The lowest BCUT2D eigenvalue weighted by Crippen LogP contribution is -1.82. The lowest BCUT2D eigenvalue weighted by atomic mass is 10.3. The van der Waals surface area contributed by atoms with Gasteiger partial charge in [-0.2, -0.15) is 0 Å². The van der Waals surface area contributed by atoms with Crippen LogP contribution in [0.3, 0.4) is 0 Å². The summed E-state index contributed by atoms with van der Waals surface area (Å²) in [5.74, 6) is 0.0965. The Morgan fingerprint density at radius 1 is 1.58 bits per heavy atom. The molecule has 0 unspecified atom stereocenters. The lowest BCUT2D eigenvalue weighted by Gasteiger charge is -2.02. The van der Waals surface area contributed by atoms with Crippen molar-refractivity contribution in [3.8, 4) is 11.5 Å². The van der Waals surface area contributed by atoms with Gasteiger partial charge in [-0.3, -0.25) is 0 Å². The molecule has 0 fully saturated rings. The summed E-state index contributed by atoms with van der Waals surface area (Å²) in [6, 6.07) is 2.67. The number of phenols is 1. The molecule has 0 atom stereocenters. The largest absolute Gasteiger partial charge is 0.505 e. The predicted octanol–water partition coefficient (Wildman–Crippen LogP) is 2.45. The van der Waals surface area contributed by atoms with Gasteiger partial charge in [0.2, 0.25) is 0 Å². The van der Waals surface area contributed by atoms with Crippen LogP contribution in [0.1, 0.15) is 0 Å². The van der Waals surface area contributed by atoms with Crippen molar-refractivity contribution in [1.29, 1.82) is 0 Å². The molecule has 0 saturated heterocycles. The maximum atomic E-state index is 10.1. The Bertz CT molecular complexity index is 291. The molecule has 5 heteroatoms. The molecule has 4 nitrogen and oxygen atoms in total. The monoisotopic (exact) mass is 187 g/mol. The van der Waals surface area contributed by atoms with Crippen LogP contribution in [0, 0.1) is 4.91 Å². The number of hydrogen-bond acceptors (Lipinski definition) is 4. The lowest BCUT2D eigenvalue weighted by molar-refractivity contribution is 0.408. The highest BCUT2D eigenvalue weighted by Crippen LogP contribution is 2.37. The first-order valence-electron chi connectivity index (χ1n) is 3.09. The van der Waals surface area contributed by atoms with E-state index in [1.165, 1.54) is 19.2 Å². The van der Waals surface area contributed by atoms with E-state index in [2.05, 4.69) is 5.18 Å². The van der Waals surface area contributed by atoms with Crippen LogP contribution in [-0.2, 0) is 0 Å². The first-order valence-corrected chi connectivity index (χ1v) is 3.46. The normalized spacial score (nSPS) is 9.50. The van der Waals surface area contributed by atoms with Gasteiger partial charge >= 0.3 is 0 Å². The van der Waals surface area contributed by atoms with E-state index in [-0.39, 0.29) is 16.5 Å². The topological polar surface area (TPSA) is 58.9 Å². The molecule has 64 valence electrons. The third kappa shape index (κ3) is 1.48. The molecule has 0 aromatic heterocycles. The molecule has 1 aromatic carbocycles. The molecule has 0 bridgehead atoms. The predicted molar refractivity (Wildman–Crippen MR) is 45.1 cm³/mol. The Hall–Kier alpha value is -1.29. The van der Waals surface area contributed by atoms with Gasteiger partial charge in [0.25, 0.3) is 0 Å². The zero-order valence-corrected chi connectivity index (χ0v) is 7.00. The van der Waals surface area contributed by atoms with E-state index in [1.54, 1.807) is 0 Å². The number of benzene rings is 1. The summed E-state index contributed by atoms with van der Waals surface area (Å²) in [5.41, 5.74) is -0.169. The molecule has 0 aliphatic carbocycles. The van der Waals surface area contributed by atoms with E-state index in [1.807, 2.05) is 0 Å². The summed E-state index contributed by atoms with van der Waals surface area (Å²) in [6.45, 7) is 0. The molecule has 0 heterocycles. The second kappa shape index (κ2) is 3.40. The maximum absolute atomic E-state index is 10.1. The van der Waals surface area contributed by atoms with E-state index < -0.39 is 0 Å². The van der Waals surface area contributed by atoms with Crippen LogP contribution in [0.15, 0.2) is 17.3 Å². The fraction of sp³-hybridized carbons (Fsp3) is 0.143. The van der Waals surface area contributed by atoms with Crippen LogP contribution in [-0.4, -0.2) is 12.2 Å². The summed E-state index contributed by atoms with van der Waals surface area (Å²) >= 11 is 5.58. The summed E-state index contributed by atoms with van der Waals surface area (Å²) in [5, 5.41) is 11.8. The highest BCUT2D eigenvalue weighted by molar-refractivity contribution is 6.33. The first kappa shape index (κ1) is 8.80. The van der Waals surface area contributed by atoms with E-state index in [9.17, 15) is 4.91 Å². The van der Waals surface area contributed by atoms with Crippen molar-refractivity contribution in [3.63, 3.8) is 0 Å². The van der Waals surface area contributed by atoms with Crippen LogP contribution >= 0.6 is 11.6 Å². The minimum atomic E-state index is -0.283. The number of rotatable bonds is 2. The fourth-order valence-electron chi connectivity index (χ4n) is 0.769. The molecule has 0 saturated carbocycles. The Kier molecular flexibility index (Phi) is 2.50. The number of halogens is 1. The molecule has 0 radical (unpaired) electrons. The van der Waals surface area contributed by atoms with Gasteiger partial charge in [-0.25, -0.2) is 0 Å². The number of nitroso groups, excluding NO2 is 1. The average Bonchev–Trinajstić information content (AvgIpc) is 2.03. The Morgan fingerprint density at radius 2 is 2.25 bits per heavy atom. The van der Waals surface area contributed by atoms with Crippen molar-refractivity contribution < 1.29 is 9.84 Å². The average molecular weight is 188 g/mol. The van der Waals surface area contributed by atoms with Crippen LogP contribution in [0.25, 0.3) is 0 Å². The third-order valence-electron chi connectivity index (χ3n) is 1.34. The van der Waals surface area contributed by atoms with Crippen molar-refractivity contribution in [2.24, 2.45) is 5.18 Å². The summed E-state index contributed by atoms with van der Waals surface area (Å²) in [7, 11) is 1.43. The highest BCUT2D eigenvalue weighted by atomic mass is 35.5. The number of aromatic hydroxyl groups is 1. The standard InChI is InChI=1S/C7H6ClNO3/c1-12-4-2-5(8)7(9-11)6(10)3-4/h2-3,10H,1H3. The van der Waals surface area contributed by atoms with Crippen molar-refractivity contribution >= 4 is 17.3 Å². The van der Waals surface area contributed by atoms with Gasteiger partial charge in [0.1, 0.15) is 11.5 Å². The first-order chi connectivity index (χ1) is 5.69. The minimum absolute atomic E-state index is 0.0712. The van der Waals surface area contributed by atoms with Crippen molar-refractivity contribution in [2.75, 3.05) is 7.11 Å². The van der Waals surface area contributed by atoms with E-state index >= 15 is 0 Å². The zero-order valence-electron chi connectivity index (χ0n) is 6.24. The molecular formula is C7H6ClNO3. The molecule has 0 aliphatic heterocycles. The quantitative estimate of drug-likeness (QED) is 0.724. The zero-order chi connectivity index (χ0) is 9.14. The molecular weight excluding hydrogens is 182 g/mol. The molecule has 1 rings (SSSR count). The van der Waals surface area contributed by atoms with Gasteiger partial charge in [0.05, 0.1) is 12.1 Å². The second-order valence-corrected chi connectivity index (χ2v) is 2.48. The van der Waals surface area contributed by atoms with E-state index in [4.69, 9.17) is 21.4 Å². The smallest absolute Gasteiger partial charge is 0.168 e. The number of methoxy groups -OCH3 is 1. The Labute approximate surface area is 73.7 Å². The van der Waals surface area contributed by atoms with Gasteiger partial charge in [0.15, 0.2) is 5.69 Å². The molecule has 0 spiro atoms. The van der Waals surface area contributed by atoms with Crippen molar-refractivity contribution in [2.45, 2.75) is 0 Å². The van der Waals surface area contributed by atoms with Gasteiger partial charge in [-0.15, -0.1) is 4.91 Å². The Morgan fingerprint density at radius 3 is 2.67 bits per heavy atom. The fourth-order valence-corrected chi connectivity index (χ4v) is 1.01. The number of ether oxygens (including phenoxy) is 1.